The van der Waals surface area contributed by atoms with Gasteiger partial charge in [0.15, 0.2) is 29.4 Å². The third-order valence-electron chi connectivity index (χ3n) is 6.82. The van der Waals surface area contributed by atoms with Crippen molar-refractivity contribution < 1.29 is 37.4 Å². The summed E-state index contributed by atoms with van der Waals surface area (Å²) >= 11 is 6.27. The molecule has 1 unspecified atom stereocenters. The zero-order valence-electron chi connectivity index (χ0n) is 24.8. The van der Waals surface area contributed by atoms with Crippen LogP contribution >= 0.6 is 19.3 Å². The first-order valence-corrected chi connectivity index (χ1v) is 15.9. The van der Waals surface area contributed by atoms with Crippen molar-refractivity contribution in [1.29, 1.82) is 0 Å². The zero-order valence-corrected chi connectivity index (χ0v) is 26.5. The molecular formula is C27H37ClFN6O7P. The first kappa shape index (κ1) is 33.0. The molecule has 4 rings (SSSR count). The van der Waals surface area contributed by atoms with Crippen molar-refractivity contribution in [3.8, 4) is 5.75 Å². The van der Waals surface area contributed by atoms with Crippen LogP contribution in [0.1, 0.15) is 39.7 Å². The number of aliphatic hydroxyl groups is 1. The molecule has 43 heavy (non-hydrogen) atoms. The Labute approximate surface area is 254 Å². The van der Waals surface area contributed by atoms with E-state index < -0.39 is 62.5 Å². The Morgan fingerprint density at radius 2 is 2.00 bits per heavy atom. The van der Waals surface area contributed by atoms with Crippen molar-refractivity contribution in [3.05, 3.63) is 42.5 Å². The van der Waals surface area contributed by atoms with Crippen LogP contribution in [0.3, 0.4) is 0 Å². The minimum atomic E-state index is -4.36. The predicted molar refractivity (Wildman–Crippen MR) is 158 cm³/mol. The molecule has 1 fully saturated rings. The van der Waals surface area contributed by atoms with Crippen molar-refractivity contribution in [1.82, 2.24) is 24.6 Å². The van der Waals surface area contributed by atoms with Crippen LogP contribution in [0.15, 0.2) is 36.7 Å². The molecule has 1 aliphatic heterocycles. The number of hydrogen-bond donors (Lipinski definition) is 2. The van der Waals surface area contributed by atoms with Crippen molar-refractivity contribution in [2.24, 2.45) is 0 Å². The number of imidazole rings is 1. The standard InChI is InChI=1S/C27H37ClFN6O7P/c1-7-34(6)23-21-24(32-18(5)31-23)35(15-30-21)25-20(29)22(36)27(13-28,41-25)14-39-43(38,42-19-11-9-8-10-12-19)33-17(4)26(37)40-16(2)3/h8-12,15-17,20,22,25,36H,7,13-14H2,1-6H3,(H,33,38)/t17-,20+,22-,25+,27+,43?/m0/s1. The van der Waals surface area contributed by atoms with E-state index in [-0.39, 0.29) is 5.75 Å². The van der Waals surface area contributed by atoms with Crippen molar-refractivity contribution in [3.63, 3.8) is 0 Å². The van der Waals surface area contributed by atoms with Crippen LogP contribution in [0.5, 0.6) is 5.75 Å². The smallest absolute Gasteiger partial charge is 0.459 e. The number of rotatable bonds is 13. The molecule has 0 amide bonds. The number of alkyl halides is 2. The van der Waals surface area contributed by atoms with Gasteiger partial charge in [-0.1, -0.05) is 18.2 Å². The average Bonchev–Trinajstić information content (AvgIpc) is 3.49. The van der Waals surface area contributed by atoms with Gasteiger partial charge in [0.1, 0.15) is 29.3 Å². The second kappa shape index (κ2) is 13.4. The Bertz CT molecular complexity index is 1470. The van der Waals surface area contributed by atoms with Crippen LogP contribution in [-0.2, 0) is 23.4 Å². The lowest BCUT2D eigenvalue weighted by Gasteiger charge is -2.31. The van der Waals surface area contributed by atoms with Gasteiger partial charge in [-0.15, -0.1) is 11.6 Å². The van der Waals surface area contributed by atoms with Gasteiger partial charge in [0, 0.05) is 13.6 Å². The molecule has 6 atom stereocenters. The first-order valence-electron chi connectivity index (χ1n) is 13.8. The van der Waals surface area contributed by atoms with E-state index in [9.17, 15) is 14.5 Å². The number of nitrogens with one attached hydrogen (secondary N) is 1. The minimum Gasteiger partial charge on any atom is -0.462 e. The Hall–Kier alpha value is -2.87. The highest BCUT2D eigenvalue weighted by atomic mass is 35.5. The van der Waals surface area contributed by atoms with Crippen LogP contribution in [0, 0.1) is 6.92 Å². The fraction of sp³-hybridized carbons (Fsp3) is 0.556. The van der Waals surface area contributed by atoms with Crippen molar-refractivity contribution in [2.75, 3.05) is 31.0 Å². The number of carbonyl (C=O) groups excluding carboxylic acids is 1. The molecule has 2 aromatic heterocycles. The monoisotopic (exact) mass is 642 g/mol. The van der Waals surface area contributed by atoms with Gasteiger partial charge in [0.2, 0.25) is 0 Å². The highest BCUT2D eigenvalue weighted by Gasteiger charge is 2.57. The highest BCUT2D eigenvalue weighted by molar-refractivity contribution is 7.52. The number of nitrogens with zero attached hydrogens (tertiary/aromatic N) is 5. The molecule has 3 aromatic rings. The predicted octanol–water partition coefficient (Wildman–Crippen LogP) is 3.93. The molecule has 1 aliphatic rings. The Morgan fingerprint density at radius 3 is 2.63 bits per heavy atom. The first-order chi connectivity index (χ1) is 20.3. The maximum Gasteiger partial charge on any atom is 0.459 e. The van der Waals surface area contributed by atoms with Crippen molar-refractivity contribution in [2.45, 2.75) is 70.9 Å². The van der Waals surface area contributed by atoms with E-state index in [0.29, 0.717) is 29.4 Å². The number of fused-ring (bicyclic) bond motifs is 1. The molecule has 3 heterocycles. The van der Waals surface area contributed by atoms with Gasteiger partial charge in [-0.3, -0.25) is 13.9 Å². The van der Waals surface area contributed by atoms with Gasteiger partial charge < -0.3 is 24.0 Å². The van der Waals surface area contributed by atoms with E-state index in [1.54, 1.807) is 51.1 Å². The number of halogens is 2. The topological polar surface area (TPSA) is 150 Å². The summed E-state index contributed by atoms with van der Waals surface area (Å²) in [7, 11) is -2.52. The number of carbonyl (C=O) groups is 1. The van der Waals surface area contributed by atoms with E-state index in [4.69, 9.17) is 30.1 Å². The SMILES string of the molecule is CCN(C)c1nc(C)nc2c1ncn2[C@@H]1O[C@](CCl)(COP(=O)(N[C@@H](C)C(=O)OC(C)C)Oc2ccccc2)[C@@H](O)[C@H]1F. The minimum absolute atomic E-state index is 0.171. The Morgan fingerprint density at radius 1 is 1.30 bits per heavy atom. The number of anilines is 1. The van der Waals surface area contributed by atoms with E-state index in [2.05, 4.69) is 20.0 Å². The van der Waals surface area contributed by atoms with Crippen LogP contribution in [0.2, 0.25) is 0 Å². The molecule has 0 aliphatic carbocycles. The number of aliphatic hydroxyl groups excluding tert-OH is 1. The molecule has 0 saturated carbocycles. The third-order valence-corrected chi connectivity index (χ3v) is 8.90. The summed E-state index contributed by atoms with van der Waals surface area (Å²) in [6.45, 7) is 8.41. The fourth-order valence-electron chi connectivity index (χ4n) is 4.44. The average molecular weight is 643 g/mol. The number of aromatic nitrogens is 4. The van der Waals surface area contributed by atoms with E-state index in [0.717, 1.165) is 0 Å². The molecular weight excluding hydrogens is 606 g/mol. The normalized spacial score (nSPS) is 24.2. The van der Waals surface area contributed by atoms with E-state index >= 15 is 4.39 Å². The molecule has 1 aromatic carbocycles. The van der Waals surface area contributed by atoms with Crippen molar-refractivity contribution >= 4 is 42.3 Å². The summed E-state index contributed by atoms with van der Waals surface area (Å²) < 4.78 is 53.8. The molecule has 0 spiro atoms. The van der Waals surface area contributed by atoms with E-state index in [1.807, 2.05) is 18.9 Å². The summed E-state index contributed by atoms with van der Waals surface area (Å²) in [5.74, 6) is 0.0252. The molecule has 236 valence electrons. The van der Waals surface area contributed by atoms with Crippen LogP contribution in [0.4, 0.5) is 10.2 Å². The number of aryl methyl sites for hydroxylation is 1. The summed E-state index contributed by atoms with van der Waals surface area (Å²) in [4.78, 5) is 27.6. The van der Waals surface area contributed by atoms with Crippen LogP contribution < -0.4 is 14.5 Å². The van der Waals surface area contributed by atoms with Gasteiger partial charge in [0.05, 0.1) is 24.9 Å². The second-order valence-electron chi connectivity index (χ2n) is 10.5. The zero-order chi connectivity index (χ0) is 31.5. The number of benzene rings is 1. The molecule has 0 bridgehead atoms. The third kappa shape index (κ3) is 7.11. The van der Waals surface area contributed by atoms with Gasteiger partial charge in [-0.05, 0) is 46.8 Å². The van der Waals surface area contributed by atoms with Gasteiger partial charge in [0.25, 0.3) is 0 Å². The molecule has 13 nitrogen and oxygen atoms in total. The molecule has 1 saturated heterocycles. The number of esters is 1. The quantitative estimate of drug-likeness (QED) is 0.158. The van der Waals surface area contributed by atoms with Crippen LogP contribution in [-0.4, -0.2) is 86.7 Å². The van der Waals surface area contributed by atoms with Gasteiger partial charge >= 0.3 is 13.7 Å². The Kier molecular flexibility index (Phi) is 10.3. The van der Waals surface area contributed by atoms with Gasteiger partial charge in [-0.25, -0.2) is 23.9 Å². The largest absolute Gasteiger partial charge is 0.462 e. The molecule has 0 radical (unpaired) electrons. The van der Waals surface area contributed by atoms with E-state index in [1.165, 1.54) is 17.8 Å². The highest BCUT2D eigenvalue weighted by Crippen LogP contribution is 2.49. The second-order valence-corrected chi connectivity index (χ2v) is 12.5. The summed E-state index contributed by atoms with van der Waals surface area (Å²) in [6.07, 6.45) is -4.27. The Balaban J connectivity index is 1.62. The lowest BCUT2D eigenvalue weighted by molar-refractivity contribution is -0.149. The lowest BCUT2D eigenvalue weighted by Crippen LogP contribution is -2.48. The maximum atomic E-state index is 15.8. The lowest BCUT2D eigenvalue weighted by atomic mass is 9.99. The number of hydrogen-bond acceptors (Lipinski definition) is 11. The molecule has 2 N–H and O–H groups in total. The summed E-state index contributed by atoms with van der Waals surface area (Å²) in [5, 5.41) is 13.6. The van der Waals surface area contributed by atoms with Crippen LogP contribution in [0.25, 0.3) is 11.2 Å². The molecule has 16 heteroatoms. The maximum absolute atomic E-state index is 15.8. The summed E-state index contributed by atoms with van der Waals surface area (Å²) in [5.41, 5.74) is -1.15. The number of para-hydroxylation sites is 1. The number of ether oxygens (including phenoxy) is 2. The van der Waals surface area contributed by atoms with Gasteiger partial charge in [-0.2, -0.15) is 5.09 Å². The summed E-state index contributed by atoms with van der Waals surface area (Å²) in [6, 6.07) is 7.01. The fourth-order valence-corrected chi connectivity index (χ4v) is 6.28.